The van der Waals surface area contributed by atoms with Crippen molar-refractivity contribution in [1.82, 2.24) is 5.32 Å². The van der Waals surface area contributed by atoms with Crippen LogP contribution >= 0.6 is 0 Å². The fraction of sp³-hybridized carbons (Fsp3) is 0.923. The highest BCUT2D eigenvalue weighted by molar-refractivity contribution is 5.76. The summed E-state index contributed by atoms with van der Waals surface area (Å²) in [5.41, 5.74) is 0. The molecule has 3 atom stereocenters. The Morgan fingerprint density at radius 3 is 2.81 bits per heavy atom. The van der Waals surface area contributed by atoms with Gasteiger partial charge in [-0.15, -0.1) is 0 Å². The van der Waals surface area contributed by atoms with Crippen molar-refractivity contribution in [3.05, 3.63) is 0 Å². The Bertz CT molecular complexity index is 216. The van der Waals surface area contributed by atoms with Crippen molar-refractivity contribution < 1.29 is 9.90 Å². The van der Waals surface area contributed by atoms with Crippen molar-refractivity contribution in [1.29, 1.82) is 0 Å². The second kappa shape index (κ2) is 6.89. The molecule has 94 valence electrons. The van der Waals surface area contributed by atoms with E-state index in [1.807, 2.05) is 0 Å². The first-order chi connectivity index (χ1) is 7.58. The van der Waals surface area contributed by atoms with E-state index in [1.54, 1.807) is 6.92 Å². The van der Waals surface area contributed by atoms with Gasteiger partial charge in [0.05, 0.1) is 6.10 Å². The number of aliphatic hydroxyl groups is 1. The molecule has 1 fully saturated rings. The van der Waals surface area contributed by atoms with Crippen LogP contribution in [0.3, 0.4) is 0 Å². The zero-order valence-corrected chi connectivity index (χ0v) is 10.5. The molecule has 1 aliphatic rings. The van der Waals surface area contributed by atoms with Gasteiger partial charge in [-0.2, -0.15) is 0 Å². The van der Waals surface area contributed by atoms with Gasteiger partial charge in [-0.1, -0.05) is 19.8 Å². The first kappa shape index (κ1) is 13.5. The minimum atomic E-state index is -0.375. The van der Waals surface area contributed by atoms with E-state index in [0.717, 1.165) is 18.8 Å². The molecule has 1 amide bonds. The van der Waals surface area contributed by atoms with Crippen LogP contribution in [-0.2, 0) is 4.79 Å². The van der Waals surface area contributed by atoms with Crippen LogP contribution in [0.1, 0.15) is 58.8 Å². The topological polar surface area (TPSA) is 49.3 Å². The third-order valence-electron chi connectivity index (χ3n) is 3.41. The molecule has 0 radical (unpaired) electrons. The standard InChI is InChI=1S/C13H25NO2/c1-10-4-3-5-12(8-6-10)14-13(16)9-7-11(2)15/h10-12,15H,3-9H2,1-2H3,(H,14,16). The summed E-state index contributed by atoms with van der Waals surface area (Å²) in [4.78, 5) is 11.6. The van der Waals surface area contributed by atoms with Crippen molar-refractivity contribution in [3.8, 4) is 0 Å². The van der Waals surface area contributed by atoms with Gasteiger partial charge in [0.2, 0.25) is 5.91 Å². The number of carbonyl (C=O) groups is 1. The molecule has 3 heteroatoms. The molecule has 1 aliphatic carbocycles. The number of carbonyl (C=O) groups excluding carboxylic acids is 1. The molecular formula is C13H25NO2. The van der Waals surface area contributed by atoms with Crippen LogP contribution in [0.5, 0.6) is 0 Å². The van der Waals surface area contributed by atoms with Gasteiger partial charge in [-0.05, 0) is 38.5 Å². The van der Waals surface area contributed by atoms with E-state index in [4.69, 9.17) is 5.11 Å². The van der Waals surface area contributed by atoms with Gasteiger partial charge in [-0.25, -0.2) is 0 Å². The molecule has 1 saturated carbocycles. The number of hydrogen-bond acceptors (Lipinski definition) is 2. The summed E-state index contributed by atoms with van der Waals surface area (Å²) < 4.78 is 0. The van der Waals surface area contributed by atoms with Gasteiger partial charge in [0, 0.05) is 12.5 Å². The lowest BCUT2D eigenvalue weighted by Gasteiger charge is -2.16. The minimum absolute atomic E-state index is 0.0976. The average molecular weight is 227 g/mol. The smallest absolute Gasteiger partial charge is 0.220 e. The van der Waals surface area contributed by atoms with E-state index in [2.05, 4.69) is 12.2 Å². The largest absolute Gasteiger partial charge is 0.393 e. The summed E-state index contributed by atoms with van der Waals surface area (Å²) in [5.74, 6) is 0.903. The Kier molecular flexibility index (Phi) is 5.81. The lowest BCUT2D eigenvalue weighted by atomic mass is 10.0. The molecule has 0 heterocycles. The third-order valence-corrected chi connectivity index (χ3v) is 3.41. The molecule has 16 heavy (non-hydrogen) atoms. The number of aliphatic hydroxyl groups excluding tert-OH is 1. The second-order valence-electron chi connectivity index (χ2n) is 5.27. The average Bonchev–Trinajstić information content (AvgIpc) is 2.41. The summed E-state index contributed by atoms with van der Waals surface area (Å²) >= 11 is 0. The molecule has 0 spiro atoms. The summed E-state index contributed by atoms with van der Waals surface area (Å²) in [5, 5.41) is 12.2. The Morgan fingerprint density at radius 1 is 1.38 bits per heavy atom. The molecule has 3 nitrogen and oxygen atoms in total. The molecule has 0 aromatic carbocycles. The summed E-state index contributed by atoms with van der Waals surface area (Å²) in [6.45, 7) is 4.01. The number of amides is 1. The maximum Gasteiger partial charge on any atom is 0.220 e. The van der Waals surface area contributed by atoms with Crippen molar-refractivity contribution in [2.45, 2.75) is 70.9 Å². The maximum absolute atomic E-state index is 11.6. The van der Waals surface area contributed by atoms with Gasteiger partial charge in [0.15, 0.2) is 0 Å². The predicted octanol–water partition coefficient (Wildman–Crippen LogP) is 2.23. The van der Waals surface area contributed by atoms with Crippen LogP contribution in [0, 0.1) is 5.92 Å². The Balaban J connectivity index is 2.22. The van der Waals surface area contributed by atoms with Crippen LogP contribution in [-0.4, -0.2) is 23.2 Å². The molecule has 0 saturated heterocycles. The molecular weight excluding hydrogens is 202 g/mol. The summed E-state index contributed by atoms with van der Waals surface area (Å²) in [7, 11) is 0. The van der Waals surface area contributed by atoms with Gasteiger partial charge >= 0.3 is 0 Å². The number of rotatable bonds is 4. The monoisotopic (exact) mass is 227 g/mol. The first-order valence-corrected chi connectivity index (χ1v) is 6.55. The van der Waals surface area contributed by atoms with E-state index in [0.29, 0.717) is 18.9 Å². The molecule has 3 unspecified atom stereocenters. The van der Waals surface area contributed by atoms with Crippen molar-refractivity contribution in [2.24, 2.45) is 5.92 Å². The predicted molar refractivity (Wildman–Crippen MR) is 65.1 cm³/mol. The lowest BCUT2D eigenvalue weighted by molar-refractivity contribution is -0.122. The van der Waals surface area contributed by atoms with Gasteiger partial charge in [0.1, 0.15) is 0 Å². The highest BCUT2D eigenvalue weighted by Crippen LogP contribution is 2.22. The van der Waals surface area contributed by atoms with E-state index >= 15 is 0 Å². The maximum atomic E-state index is 11.6. The highest BCUT2D eigenvalue weighted by Gasteiger charge is 2.17. The van der Waals surface area contributed by atoms with E-state index < -0.39 is 0 Å². The van der Waals surface area contributed by atoms with E-state index in [9.17, 15) is 4.79 Å². The van der Waals surface area contributed by atoms with Crippen molar-refractivity contribution in [3.63, 3.8) is 0 Å². The fourth-order valence-electron chi connectivity index (χ4n) is 2.27. The summed E-state index contributed by atoms with van der Waals surface area (Å²) in [6.07, 6.45) is 6.61. The normalized spacial score (nSPS) is 28.2. The second-order valence-corrected chi connectivity index (χ2v) is 5.27. The SMILES string of the molecule is CC(O)CCC(=O)NC1CCCC(C)CC1. The van der Waals surface area contributed by atoms with Crippen LogP contribution < -0.4 is 5.32 Å². The molecule has 0 aliphatic heterocycles. The quantitative estimate of drug-likeness (QED) is 0.724. The minimum Gasteiger partial charge on any atom is -0.393 e. The van der Waals surface area contributed by atoms with Crippen molar-refractivity contribution in [2.75, 3.05) is 0 Å². The van der Waals surface area contributed by atoms with E-state index in [1.165, 1.54) is 19.3 Å². The highest BCUT2D eigenvalue weighted by atomic mass is 16.3. The molecule has 0 bridgehead atoms. The van der Waals surface area contributed by atoms with E-state index in [-0.39, 0.29) is 12.0 Å². The Hall–Kier alpha value is -0.570. The van der Waals surface area contributed by atoms with Crippen LogP contribution in [0.2, 0.25) is 0 Å². The molecule has 0 aromatic rings. The molecule has 1 rings (SSSR count). The Morgan fingerprint density at radius 2 is 2.12 bits per heavy atom. The zero-order valence-electron chi connectivity index (χ0n) is 10.5. The number of nitrogens with one attached hydrogen (secondary N) is 1. The lowest BCUT2D eigenvalue weighted by Crippen LogP contribution is -2.34. The third kappa shape index (κ3) is 5.50. The number of hydrogen-bond donors (Lipinski definition) is 2. The van der Waals surface area contributed by atoms with Gasteiger partial charge in [-0.3, -0.25) is 4.79 Å². The summed E-state index contributed by atoms with van der Waals surface area (Å²) in [6, 6.07) is 0.367. The van der Waals surface area contributed by atoms with Gasteiger partial charge in [0.25, 0.3) is 0 Å². The molecule has 0 aromatic heterocycles. The van der Waals surface area contributed by atoms with Crippen LogP contribution in [0.15, 0.2) is 0 Å². The van der Waals surface area contributed by atoms with Crippen LogP contribution in [0.25, 0.3) is 0 Å². The zero-order chi connectivity index (χ0) is 12.0. The van der Waals surface area contributed by atoms with Gasteiger partial charge < -0.3 is 10.4 Å². The first-order valence-electron chi connectivity index (χ1n) is 6.55. The fourth-order valence-corrected chi connectivity index (χ4v) is 2.27. The van der Waals surface area contributed by atoms with Crippen molar-refractivity contribution >= 4 is 5.91 Å². The molecule has 2 N–H and O–H groups in total. The Labute approximate surface area is 98.6 Å². The van der Waals surface area contributed by atoms with Crippen LogP contribution in [0.4, 0.5) is 0 Å².